The average molecular weight is 329 g/mol. The molecule has 0 aromatic rings. The largest absolute Gasteiger partial charge is 0.463 e. The summed E-state index contributed by atoms with van der Waals surface area (Å²) in [6.07, 6.45) is 4.23. The van der Waals surface area contributed by atoms with Gasteiger partial charge in [0.2, 0.25) is 0 Å². The zero-order valence-corrected chi connectivity index (χ0v) is 14.7. The smallest absolute Gasteiger partial charge is 0.306 e. The summed E-state index contributed by atoms with van der Waals surface area (Å²) in [4.78, 5) is 22.7. The second-order valence-corrected chi connectivity index (χ2v) is 5.77. The van der Waals surface area contributed by atoms with Crippen LogP contribution in [0.5, 0.6) is 0 Å². The van der Waals surface area contributed by atoms with Crippen molar-refractivity contribution in [2.24, 2.45) is 5.92 Å². The van der Waals surface area contributed by atoms with E-state index in [-0.39, 0.29) is 38.2 Å². The Morgan fingerprint density at radius 3 is 2.00 bits per heavy atom. The molecular formula is C17H31NO5. The molecule has 1 atom stereocenters. The van der Waals surface area contributed by atoms with Gasteiger partial charge in [0.1, 0.15) is 13.2 Å². The van der Waals surface area contributed by atoms with Gasteiger partial charge in [-0.25, -0.2) is 0 Å². The molecule has 0 fully saturated rings. The van der Waals surface area contributed by atoms with Crippen LogP contribution < -0.4 is 0 Å². The quantitative estimate of drug-likeness (QED) is 0.301. The maximum Gasteiger partial charge on any atom is 0.306 e. The van der Waals surface area contributed by atoms with Crippen molar-refractivity contribution >= 4 is 17.7 Å². The lowest BCUT2D eigenvalue weighted by molar-refractivity contribution is -0.146. The van der Waals surface area contributed by atoms with Gasteiger partial charge < -0.3 is 19.6 Å². The molecule has 0 bridgehead atoms. The minimum absolute atomic E-state index is 0.179. The van der Waals surface area contributed by atoms with Crippen molar-refractivity contribution in [3.63, 3.8) is 0 Å². The molecule has 0 rings (SSSR count). The summed E-state index contributed by atoms with van der Waals surface area (Å²) in [7, 11) is 0. The van der Waals surface area contributed by atoms with Gasteiger partial charge >= 0.3 is 11.9 Å². The normalized spacial score (nSPS) is 11.8. The number of nitrogens with one attached hydrogen (secondary N) is 1. The van der Waals surface area contributed by atoms with Gasteiger partial charge in [0, 0.05) is 12.1 Å². The predicted octanol–water partition coefficient (Wildman–Crippen LogP) is 3.13. The fourth-order valence-electron chi connectivity index (χ4n) is 1.97. The molecule has 134 valence electrons. The van der Waals surface area contributed by atoms with E-state index in [1.54, 1.807) is 6.92 Å². The van der Waals surface area contributed by atoms with Crippen LogP contribution in [0.4, 0.5) is 0 Å². The third-order valence-electron chi connectivity index (χ3n) is 3.31. The summed E-state index contributed by atoms with van der Waals surface area (Å²) < 4.78 is 15.2. The van der Waals surface area contributed by atoms with Crippen molar-refractivity contribution in [1.29, 1.82) is 5.41 Å². The number of ether oxygens (including phenoxy) is 3. The van der Waals surface area contributed by atoms with Crippen LogP contribution in [-0.2, 0) is 23.8 Å². The van der Waals surface area contributed by atoms with E-state index in [0.29, 0.717) is 31.1 Å². The van der Waals surface area contributed by atoms with Gasteiger partial charge in [0.25, 0.3) is 0 Å². The highest BCUT2D eigenvalue weighted by Gasteiger charge is 2.07. The lowest BCUT2D eigenvalue weighted by Gasteiger charge is -2.10. The number of rotatable bonds is 14. The van der Waals surface area contributed by atoms with Gasteiger partial charge in [-0.15, -0.1) is 0 Å². The standard InChI is InChI=1S/C17H31NO5/c1-4-5-14(2)6-8-16(19)22-12-10-21-11-13-23-17(20)9-7-15(3)18/h14,18H,4-13H2,1-3H3. The zero-order valence-electron chi connectivity index (χ0n) is 14.7. The molecule has 0 radical (unpaired) electrons. The molecule has 0 aromatic carbocycles. The molecule has 0 spiro atoms. The number of esters is 2. The van der Waals surface area contributed by atoms with Gasteiger partial charge in [0.05, 0.1) is 19.6 Å². The lowest BCUT2D eigenvalue weighted by atomic mass is 10.0. The molecule has 0 amide bonds. The molecule has 6 nitrogen and oxygen atoms in total. The van der Waals surface area contributed by atoms with E-state index < -0.39 is 0 Å². The van der Waals surface area contributed by atoms with E-state index in [4.69, 9.17) is 19.6 Å². The number of hydrogen-bond donors (Lipinski definition) is 1. The monoisotopic (exact) mass is 329 g/mol. The molecule has 0 saturated heterocycles. The fourth-order valence-corrected chi connectivity index (χ4v) is 1.97. The summed E-state index contributed by atoms with van der Waals surface area (Å²) in [6.45, 7) is 6.92. The van der Waals surface area contributed by atoms with Gasteiger partial charge in [-0.3, -0.25) is 9.59 Å². The Bertz CT molecular complexity index is 357. The van der Waals surface area contributed by atoms with Gasteiger partial charge in [-0.1, -0.05) is 26.7 Å². The Morgan fingerprint density at radius 2 is 1.48 bits per heavy atom. The Balaban J connectivity index is 3.40. The van der Waals surface area contributed by atoms with E-state index in [1.807, 2.05) is 0 Å². The van der Waals surface area contributed by atoms with Crippen LogP contribution >= 0.6 is 0 Å². The highest BCUT2D eigenvalue weighted by molar-refractivity contribution is 5.82. The second-order valence-electron chi connectivity index (χ2n) is 5.77. The maximum atomic E-state index is 11.5. The zero-order chi connectivity index (χ0) is 17.5. The lowest BCUT2D eigenvalue weighted by Crippen LogP contribution is -2.15. The summed E-state index contributed by atoms with van der Waals surface area (Å²) in [6, 6.07) is 0. The first-order valence-corrected chi connectivity index (χ1v) is 8.38. The van der Waals surface area contributed by atoms with E-state index >= 15 is 0 Å². The van der Waals surface area contributed by atoms with Gasteiger partial charge in [-0.2, -0.15) is 0 Å². The Hall–Kier alpha value is -1.43. The molecule has 23 heavy (non-hydrogen) atoms. The molecule has 6 heteroatoms. The van der Waals surface area contributed by atoms with Crippen molar-refractivity contribution in [2.45, 2.75) is 59.3 Å². The van der Waals surface area contributed by atoms with Crippen LogP contribution in [0.3, 0.4) is 0 Å². The van der Waals surface area contributed by atoms with E-state index in [2.05, 4.69) is 13.8 Å². The van der Waals surface area contributed by atoms with E-state index in [9.17, 15) is 9.59 Å². The molecule has 0 heterocycles. The Kier molecular flexibility index (Phi) is 13.3. The van der Waals surface area contributed by atoms with Crippen LogP contribution in [-0.4, -0.2) is 44.1 Å². The molecular weight excluding hydrogens is 298 g/mol. The third-order valence-corrected chi connectivity index (χ3v) is 3.31. The summed E-state index contributed by atoms with van der Waals surface area (Å²) >= 11 is 0. The average Bonchev–Trinajstić information content (AvgIpc) is 2.50. The first-order valence-electron chi connectivity index (χ1n) is 8.38. The predicted molar refractivity (Wildman–Crippen MR) is 88.7 cm³/mol. The molecule has 0 aliphatic carbocycles. The first-order chi connectivity index (χ1) is 11.0. The molecule has 0 aliphatic heterocycles. The van der Waals surface area contributed by atoms with Crippen LogP contribution in [0.25, 0.3) is 0 Å². The summed E-state index contributed by atoms with van der Waals surface area (Å²) in [5.41, 5.74) is 0.462. The van der Waals surface area contributed by atoms with Gasteiger partial charge in [-0.05, 0) is 25.7 Å². The van der Waals surface area contributed by atoms with Crippen molar-refractivity contribution in [2.75, 3.05) is 26.4 Å². The molecule has 0 aliphatic rings. The molecule has 1 unspecified atom stereocenters. The Labute approximate surface area is 139 Å². The summed E-state index contributed by atoms with van der Waals surface area (Å²) in [5.74, 6) is 0.0350. The number of carbonyl (C=O) groups excluding carboxylic acids is 2. The third kappa shape index (κ3) is 15.2. The van der Waals surface area contributed by atoms with Crippen molar-refractivity contribution in [3.05, 3.63) is 0 Å². The van der Waals surface area contributed by atoms with Crippen LogP contribution in [0.2, 0.25) is 0 Å². The molecule has 0 saturated carbocycles. The van der Waals surface area contributed by atoms with Crippen molar-refractivity contribution < 1.29 is 23.8 Å². The first kappa shape index (κ1) is 21.6. The minimum Gasteiger partial charge on any atom is -0.463 e. The number of hydrogen-bond acceptors (Lipinski definition) is 6. The molecule has 1 N–H and O–H groups in total. The topological polar surface area (TPSA) is 85.7 Å². The van der Waals surface area contributed by atoms with Gasteiger partial charge in [0.15, 0.2) is 0 Å². The fraction of sp³-hybridized carbons (Fsp3) is 0.824. The van der Waals surface area contributed by atoms with Crippen LogP contribution in [0.1, 0.15) is 59.3 Å². The second kappa shape index (κ2) is 14.2. The van der Waals surface area contributed by atoms with Crippen molar-refractivity contribution in [1.82, 2.24) is 0 Å². The molecule has 0 aromatic heterocycles. The summed E-state index contributed by atoms with van der Waals surface area (Å²) in [5, 5.41) is 7.21. The highest BCUT2D eigenvalue weighted by atomic mass is 16.6. The minimum atomic E-state index is -0.326. The van der Waals surface area contributed by atoms with Crippen molar-refractivity contribution in [3.8, 4) is 0 Å². The van der Waals surface area contributed by atoms with Crippen LogP contribution in [0.15, 0.2) is 0 Å². The van der Waals surface area contributed by atoms with E-state index in [0.717, 1.165) is 19.3 Å². The SMILES string of the molecule is CCCC(C)CCC(=O)OCCOCCOC(=O)CCC(C)=N. The number of carbonyl (C=O) groups is 2. The maximum absolute atomic E-state index is 11.5. The Morgan fingerprint density at radius 1 is 0.913 bits per heavy atom. The highest BCUT2D eigenvalue weighted by Crippen LogP contribution is 2.12. The van der Waals surface area contributed by atoms with Crippen LogP contribution in [0, 0.1) is 11.3 Å². The van der Waals surface area contributed by atoms with E-state index in [1.165, 1.54) is 0 Å².